The van der Waals surface area contributed by atoms with Crippen LogP contribution in [0.5, 0.6) is 5.75 Å². The van der Waals surface area contributed by atoms with Crippen LogP contribution in [-0.2, 0) is 9.53 Å². The normalized spacial score (nSPS) is 16.3. The van der Waals surface area contributed by atoms with Gasteiger partial charge in [-0.1, -0.05) is 37.8 Å². The number of carbonyl (C=O) groups excluding carboxylic acids is 1. The Balaban J connectivity index is 0.00000141. The molecule has 8 nitrogen and oxygen atoms in total. The first kappa shape index (κ1) is 26.0. The van der Waals surface area contributed by atoms with Crippen LogP contribution in [0.1, 0.15) is 49.9 Å². The van der Waals surface area contributed by atoms with Gasteiger partial charge in [-0.2, -0.15) is 0 Å². The van der Waals surface area contributed by atoms with Gasteiger partial charge in [0.1, 0.15) is 5.75 Å². The van der Waals surface area contributed by atoms with Crippen molar-refractivity contribution in [1.82, 2.24) is 10.2 Å². The lowest BCUT2D eigenvalue weighted by atomic mass is 10.1. The maximum Gasteiger partial charge on any atom is 0.290 e. The molecule has 4 N–H and O–H groups in total. The summed E-state index contributed by atoms with van der Waals surface area (Å²) in [6.45, 7) is 8.32. The van der Waals surface area contributed by atoms with Gasteiger partial charge in [-0.15, -0.1) is 0 Å². The first-order chi connectivity index (χ1) is 14.5. The molecule has 1 aromatic carbocycles. The van der Waals surface area contributed by atoms with E-state index in [9.17, 15) is 4.79 Å². The molecular formula is C21H34ClN3O5. The van der Waals surface area contributed by atoms with Gasteiger partial charge in [0.15, 0.2) is 0 Å². The van der Waals surface area contributed by atoms with E-state index < -0.39 is 0 Å². The summed E-state index contributed by atoms with van der Waals surface area (Å²) in [4.78, 5) is 23.4. The smallest absolute Gasteiger partial charge is 0.290 e. The lowest BCUT2D eigenvalue weighted by Crippen LogP contribution is -2.47. The average Bonchev–Trinajstić information content (AvgIpc) is 2.73. The van der Waals surface area contributed by atoms with E-state index in [1.165, 1.54) is 25.7 Å². The van der Waals surface area contributed by atoms with Gasteiger partial charge in [0, 0.05) is 25.7 Å². The zero-order chi connectivity index (χ0) is 22.4. The van der Waals surface area contributed by atoms with Crippen LogP contribution in [0.25, 0.3) is 0 Å². The largest absolute Gasteiger partial charge is 0.493 e. The summed E-state index contributed by atoms with van der Waals surface area (Å²) in [7, 11) is 0. The second-order valence-electron chi connectivity index (χ2n) is 6.97. The number of nitrogens with one attached hydrogen (secondary N) is 1. The second-order valence-corrected chi connectivity index (χ2v) is 7.38. The molecule has 1 unspecified atom stereocenters. The minimum Gasteiger partial charge on any atom is -0.493 e. The highest BCUT2D eigenvalue weighted by Gasteiger charge is 2.22. The maximum atomic E-state index is 12.6. The number of carboxylic acid groups (broad SMARTS) is 1. The third-order valence-corrected chi connectivity index (χ3v) is 5.01. The number of hydrogen-bond acceptors (Lipinski definition) is 6. The molecule has 1 aliphatic rings. The van der Waals surface area contributed by atoms with Crippen molar-refractivity contribution in [2.45, 2.75) is 45.6 Å². The summed E-state index contributed by atoms with van der Waals surface area (Å²) in [5, 5.41) is 10.2. The Hall–Kier alpha value is -2.03. The first-order valence-corrected chi connectivity index (χ1v) is 10.8. The zero-order valence-electron chi connectivity index (χ0n) is 17.9. The number of morpholine rings is 1. The predicted molar refractivity (Wildman–Crippen MR) is 118 cm³/mol. The standard InChI is InChI=1S/C20H32ClN3O3.CH2O2/c1-3-5-6-7-8-24-9-10-27-15(14-24)13-23-20(25)16-11-17(21)18(22)12-19(16)26-4-2;2-1-3/h11-12,15H,3-10,13-14,22H2,1-2H3,(H,23,25);1H,(H,2,3). The van der Waals surface area contributed by atoms with E-state index in [4.69, 9.17) is 36.7 Å². The van der Waals surface area contributed by atoms with Crippen LogP contribution in [0, 0.1) is 0 Å². The third kappa shape index (κ3) is 9.19. The molecule has 1 fully saturated rings. The molecule has 170 valence electrons. The van der Waals surface area contributed by atoms with Crippen molar-refractivity contribution >= 4 is 29.7 Å². The maximum absolute atomic E-state index is 12.6. The molecule has 1 heterocycles. The third-order valence-electron chi connectivity index (χ3n) is 4.68. The molecular weight excluding hydrogens is 410 g/mol. The Bertz CT molecular complexity index is 660. The van der Waals surface area contributed by atoms with Gasteiger partial charge in [0.25, 0.3) is 12.4 Å². The summed E-state index contributed by atoms with van der Waals surface area (Å²) < 4.78 is 11.3. The number of nitrogens with two attached hydrogens (primary N) is 1. The van der Waals surface area contributed by atoms with Crippen LogP contribution in [0.2, 0.25) is 5.02 Å². The van der Waals surface area contributed by atoms with Crippen LogP contribution in [0.4, 0.5) is 5.69 Å². The minimum absolute atomic E-state index is 0.00586. The molecule has 9 heteroatoms. The summed E-state index contributed by atoms with van der Waals surface area (Å²) in [5.41, 5.74) is 6.60. The Morgan fingerprint density at radius 1 is 1.40 bits per heavy atom. The van der Waals surface area contributed by atoms with Gasteiger partial charge in [-0.25, -0.2) is 0 Å². The number of benzene rings is 1. The van der Waals surface area contributed by atoms with Crippen LogP contribution >= 0.6 is 11.6 Å². The van der Waals surface area contributed by atoms with Gasteiger partial charge in [-0.05, 0) is 26.0 Å². The summed E-state index contributed by atoms with van der Waals surface area (Å²) >= 11 is 6.08. The van der Waals surface area contributed by atoms with E-state index in [1.807, 2.05) is 6.92 Å². The Morgan fingerprint density at radius 3 is 2.80 bits per heavy atom. The van der Waals surface area contributed by atoms with Crippen molar-refractivity contribution in [1.29, 1.82) is 0 Å². The van der Waals surface area contributed by atoms with Gasteiger partial charge >= 0.3 is 0 Å². The number of rotatable bonds is 10. The fourth-order valence-corrected chi connectivity index (χ4v) is 3.36. The molecule has 0 spiro atoms. The number of carbonyl (C=O) groups is 2. The molecule has 0 aromatic heterocycles. The molecule has 2 rings (SSSR count). The molecule has 1 amide bonds. The second kappa shape index (κ2) is 14.9. The number of ether oxygens (including phenoxy) is 2. The lowest BCUT2D eigenvalue weighted by Gasteiger charge is -2.33. The lowest BCUT2D eigenvalue weighted by molar-refractivity contribution is -0.122. The topological polar surface area (TPSA) is 114 Å². The number of unbranched alkanes of at least 4 members (excludes halogenated alkanes) is 3. The van der Waals surface area contributed by atoms with Crippen LogP contribution in [0.15, 0.2) is 12.1 Å². The number of nitrogens with zero attached hydrogens (tertiary/aromatic N) is 1. The van der Waals surface area contributed by atoms with Crippen LogP contribution in [-0.4, -0.2) is 67.9 Å². The van der Waals surface area contributed by atoms with Crippen LogP contribution < -0.4 is 15.8 Å². The molecule has 1 aliphatic heterocycles. The average molecular weight is 444 g/mol. The van der Waals surface area contributed by atoms with Crippen molar-refractivity contribution < 1.29 is 24.2 Å². The van der Waals surface area contributed by atoms with Crippen molar-refractivity contribution in [3.05, 3.63) is 22.7 Å². The van der Waals surface area contributed by atoms with Crippen molar-refractivity contribution in [3.63, 3.8) is 0 Å². The Morgan fingerprint density at radius 2 is 2.13 bits per heavy atom. The summed E-state index contributed by atoms with van der Waals surface area (Å²) in [6, 6.07) is 3.15. The van der Waals surface area contributed by atoms with E-state index >= 15 is 0 Å². The highest BCUT2D eigenvalue weighted by Crippen LogP contribution is 2.29. The fourth-order valence-electron chi connectivity index (χ4n) is 3.19. The van der Waals surface area contributed by atoms with E-state index in [0.29, 0.717) is 41.8 Å². The predicted octanol–water partition coefficient (Wildman–Crippen LogP) is 3.03. The van der Waals surface area contributed by atoms with Gasteiger partial charge in [0.05, 0.1) is 35.6 Å². The monoisotopic (exact) mass is 443 g/mol. The van der Waals surface area contributed by atoms with E-state index in [0.717, 1.165) is 19.6 Å². The van der Waals surface area contributed by atoms with Crippen molar-refractivity contribution in [3.8, 4) is 5.75 Å². The summed E-state index contributed by atoms with van der Waals surface area (Å²) in [5.74, 6) is 0.211. The first-order valence-electron chi connectivity index (χ1n) is 10.4. The highest BCUT2D eigenvalue weighted by atomic mass is 35.5. The van der Waals surface area contributed by atoms with E-state index in [-0.39, 0.29) is 18.5 Å². The van der Waals surface area contributed by atoms with Gasteiger partial charge < -0.3 is 25.6 Å². The Labute approximate surface area is 183 Å². The van der Waals surface area contributed by atoms with Crippen molar-refractivity contribution in [2.75, 3.05) is 45.1 Å². The molecule has 0 aliphatic carbocycles. The number of halogens is 1. The van der Waals surface area contributed by atoms with E-state index in [1.54, 1.807) is 12.1 Å². The molecule has 1 aromatic rings. The Kier molecular flexibility index (Phi) is 12.9. The highest BCUT2D eigenvalue weighted by molar-refractivity contribution is 6.33. The number of nitrogen functional groups attached to an aromatic ring is 1. The van der Waals surface area contributed by atoms with E-state index in [2.05, 4.69) is 17.1 Å². The summed E-state index contributed by atoms with van der Waals surface area (Å²) in [6.07, 6.45) is 5.02. The minimum atomic E-state index is -0.250. The molecule has 0 saturated carbocycles. The zero-order valence-corrected chi connectivity index (χ0v) is 18.6. The van der Waals surface area contributed by atoms with Crippen molar-refractivity contribution in [2.24, 2.45) is 0 Å². The SMILES string of the molecule is CCCCCCN1CCOC(CNC(=O)c2cc(Cl)c(N)cc2OCC)C1.O=CO. The molecule has 0 radical (unpaired) electrons. The molecule has 0 bridgehead atoms. The molecule has 1 saturated heterocycles. The van der Waals surface area contributed by atoms with Gasteiger partial charge in [0.2, 0.25) is 0 Å². The number of amides is 1. The fraction of sp³-hybridized carbons (Fsp3) is 0.619. The number of anilines is 1. The molecule has 1 atom stereocenters. The van der Waals surface area contributed by atoms with Crippen LogP contribution in [0.3, 0.4) is 0 Å². The quantitative estimate of drug-likeness (QED) is 0.289. The van der Waals surface area contributed by atoms with Gasteiger partial charge in [-0.3, -0.25) is 14.5 Å². The number of hydrogen-bond donors (Lipinski definition) is 3. The molecule has 30 heavy (non-hydrogen) atoms.